The summed E-state index contributed by atoms with van der Waals surface area (Å²) in [5.74, 6) is -2.29. The first-order chi connectivity index (χ1) is 16.8. The van der Waals surface area contributed by atoms with Gasteiger partial charge in [-0.25, -0.2) is 13.2 Å². The van der Waals surface area contributed by atoms with Crippen LogP contribution in [0.5, 0.6) is 5.75 Å². The molecule has 0 bridgehead atoms. The van der Waals surface area contributed by atoms with Crippen LogP contribution in [0.1, 0.15) is 32.3 Å². The van der Waals surface area contributed by atoms with Gasteiger partial charge in [0.05, 0.1) is 6.61 Å². The topological polar surface area (TPSA) is 100 Å². The molecule has 198 valence electrons. The third kappa shape index (κ3) is 6.74. The molecule has 1 fully saturated rings. The van der Waals surface area contributed by atoms with Gasteiger partial charge in [-0.15, -0.1) is 0 Å². The average molecular weight is 530 g/mol. The first-order valence-corrected chi connectivity index (χ1v) is 12.9. The predicted octanol–water partition coefficient (Wildman–Crippen LogP) is 3.79. The molecule has 36 heavy (non-hydrogen) atoms. The highest BCUT2D eigenvalue weighted by Crippen LogP contribution is 2.40. The van der Waals surface area contributed by atoms with E-state index in [1.54, 1.807) is 28.7 Å². The van der Waals surface area contributed by atoms with Crippen LogP contribution in [0.3, 0.4) is 0 Å². The van der Waals surface area contributed by atoms with Crippen molar-refractivity contribution in [2.75, 3.05) is 26.2 Å². The first kappa shape index (κ1) is 27.9. The van der Waals surface area contributed by atoms with Gasteiger partial charge in [0.15, 0.2) is 0 Å². The van der Waals surface area contributed by atoms with Gasteiger partial charge in [-0.2, -0.15) is 17.5 Å². The third-order valence-corrected chi connectivity index (χ3v) is 8.39. The number of carbonyl (C=O) groups is 1. The second kappa shape index (κ2) is 11.1. The van der Waals surface area contributed by atoms with E-state index in [9.17, 15) is 21.6 Å². The molecule has 1 N–H and O–H groups in total. The molecule has 0 amide bonds. The molecule has 0 unspecified atom stereocenters. The van der Waals surface area contributed by atoms with Gasteiger partial charge in [0.2, 0.25) is 10.0 Å². The first-order valence-electron chi connectivity index (χ1n) is 11.5. The number of hydrogen-bond acceptors (Lipinski definition) is 6. The SMILES string of the molecule is CC(C)N1CC2(CCN(Cc3cccnc3)CC2)COc2ccccc2S1(=O)=O.O=C(O)C(F)(F)F. The van der Waals surface area contributed by atoms with Crippen molar-refractivity contribution in [3.63, 3.8) is 0 Å². The Morgan fingerprint density at radius 3 is 2.36 bits per heavy atom. The van der Waals surface area contributed by atoms with E-state index < -0.39 is 22.2 Å². The Hall–Kier alpha value is -2.70. The van der Waals surface area contributed by atoms with Crippen LogP contribution in [-0.4, -0.2) is 72.1 Å². The number of carboxylic acids is 1. The zero-order valence-electron chi connectivity index (χ0n) is 20.1. The lowest BCUT2D eigenvalue weighted by Gasteiger charge is -2.45. The molecule has 2 aliphatic heterocycles. The number of hydrogen-bond donors (Lipinski definition) is 1. The van der Waals surface area contributed by atoms with Crippen molar-refractivity contribution >= 4 is 16.0 Å². The molecule has 1 aromatic heterocycles. The fourth-order valence-corrected chi connectivity index (χ4v) is 6.18. The Bertz CT molecular complexity index is 1140. The number of para-hydroxylation sites is 1. The van der Waals surface area contributed by atoms with Crippen molar-refractivity contribution in [2.24, 2.45) is 5.41 Å². The van der Waals surface area contributed by atoms with Crippen molar-refractivity contribution in [1.29, 1.82) is 0 Å². The normalized spacial score (nSPS) is 19.8. The quantitative estimate of drug-likeness (QED) is 0.646. The number of fused-ring (bicyclic) bond motifs is 1. The minimum absolute atomic E-state index is 0.101. The van der Waals surface area contributed by atoms with E-state index in [2.05, 4.69) is 16.0 Å². The van der Waals surface area contributed by atoms with Crippen molar-refractivity contribution < 1.29 is 36.2 Å². The molecular formula is C24H30F3N3O5S. The van der Waals surface area contributed by atoms with Gasteiger partial charge in [-0.3, -0.25) is 9.88 Å². The van der Waals surface area contributed by atoms with Gasteiger partial charge in [0, 0.05) is 36.9 Å². The van der Waals surface area contributed by atoms with Gasteiger partial charge in [-0.1, -0.05) is 18.2 Å². The lowest BCUT2D eigenvalue weighted by Crippen LogP contribution is -2.52. The predicted molar refractivity (Wildman–Crippen MR) is 126 cm³/mol. The highest BCUT2D eigenvalue weighted by atomic mass is 32.2. The number of alkyl halides is 3. The summed E-state index contributed by atoms with van der Waals surface area (Å²) in [5.41, 5.74) is 1.04. The molecule has 2 aliphatic rings. The number of likely N-dealkylation sites (tertiary alicyclic amines) is 1. The largest absolute Gasteiger partial charge is 0.492 e. The fraction of sp³-hybridized carbons (Fsp3) is 0.500. The van der Waals surface area contributed by atoms with E-state index >= 15 is 0 Å². The standard InChI is InChI=1S/C22H29N3O3S.C2HF3O2/c1-18(2)25-16-22(17-28-20-7-3-4-8-21(20)29(25,26)27)9-12-24(13-10-22)15-19-6-5-11-23-14-19;3-2(4,5)1(6)7/h3-8,11,14,18H,9-10,12-13,15-17H2,1-2H3;(H,6,7). The Morgan fingerprint density at radius 1 is 1.17 bits per heavy atom. The fourth-order valence-electron chi connectivity index (χ4n) is 4.30. The van der Waals surface area contributed by atoms with Gasteiger partial charge >= 0.3 is 12.1 Å². The van der Waals surface area contributed by atoms with Crippen molar-refractivity contribution in [3.05, 3.63) is 54.4 Å². The van der Waals surface area contributed by atoms with Crippen LogP contribution in [0, 0.1) is 5.41 Å². The summed E-state index contributed by atoms with van der Waals surface area (Å²) in [7, 11) is -3.59. The lowest BCUT2D eigenvalue weighted by atomic mass is 9.78. The Balaban J connectivity index is 0.000000454. The Morgan fingerprint density at radius 2 is 1.81 bits per heavy atom. The van der Waals surface area contributed by atoms with Gasteiger partial charge < -0.3 is 9.84 Å². The second-order valence-electron chi connectivity index (χ2n) is 9.32. The molecule has 4 rings (SSSR count). The number of halogens is 3. The molecule has 12 heteroatoms. The molecule has 3 heterocycles. The van der Waals surface area contributed by atoms with E-state index in [-0.39, 0.29) is 16.4 Å². The molecule has 2 aromatic rings. The second-order valence-corrected chi connectivity index (χ2v) is 11.2. The summed E-state index contributed by atoms with van der Waals surface area (Å²) >= 11 is 0. The number of nitrogens with zero attached hydrogens (tertiary/aromatic N) is 3. The smallest absolute Gasteiger partial charge is 0.490 e. The van der Waals surface area contributed by atoms with E-state index in [0.29, 0.717) is 18.9 Å². The average Bonchev–Trinajstić information content (AvgIpc) is 2.82. The summed E-state index contributed by atoms with van der Waals surface area (Å²) in [6.07, 6.45) is 0.439. The number of carboxylic acid groups (broad SMARTS) is 1. The molecule has 1 spiro atoms. The molecule has 0 radical (unpaired) electrons. The van der Waals surface area contributed by atoms with E-state index in [1.165, 1.54) is 5.56 Å². The number of rotatable bonds is 3. The van der Waals surface area contributed by atoms with Crippen LogP contribution < -0.4 is 4.74 Å². The van der Waals surface area contributed by atoms with Crippen molar-refractivity contribution in [1.82, 2.24) is 14.2 Å². The Kier molecular flexibility index (Phi) is 8.63. The number of benzene rings is 1. The zero-order valence-corrected chi connectivity index (χ0v) is 20.9. The van der Waals surface area contributed by atoms with Crippen LogP contribution in [0.2, 0.25) is 0 Å². The lowest BCUT2D eigenvalue weighted by molar-refractivity contribution is -0.192. The number of ether oxygens (including phenoxy) is 1. The van der Waals surface area contributed by atoms with Crippen LogP contribution in [0.25, 0.3) is 0 Å². The summed E-state index contributed by atoms with van der Waals surface area (Å²) in [6.45, 7) is 7.67. The maximum Gasteiger partial charge on any atom is 0.490 e. The summed E-state index contributed by atoms with van der Waals surface area (Å²) < 4.78 is 66.3. The maximum atomic E-state index is 13.4. The minimum Gasteiger partial charge on any atom is -0.492 e. The number of piperidine rings is 1. The molecule has 0 aliphatic carbocycles. The van der Waals surface area contributed by atoms with E-state index in [1.807, 2.05) is 32.2 Å². The van der Waals surface area contributed by atoms with Crippen LogP contribution in [-0.2, 0) is 21.4 Å². The Labute approximate surface area is 208 Å². The molecule has 0 saturated carbocycles. The van der Waals surface area contributed by atoms with E-state index in [4.69, 9.17) is 14.6 Å². The maximum absolute atomic E-state index is 13.4. The van der Waals surface area contributed by atoms with Crippen LogP contribution in [0.4, 0.5) is 13.2 Å². The monoisotopic (exact) mass is 529 g/mol. The molecule has 1 saturated heterocycles. The van der Waals surface area contributed by atoms with Gasteiger partial charge in [0.1, 0.15) is 10.6 Å². The number of pyridine rings is 1. The van der Waals surface area contributed by atoms with Crippen molar-refractivity contribution in [2.45, 2.75) is 50.3 Å². The molecular weight excluding hydrogens is 499 g/mol. The minimum atomic E-state index is -5.08. The molecule has 0 atom stereocenters. The van der Waals surface area contributed by atoms with Crippen LogP contribution >= 0.6 is 0 Å². The summed E-state index contributed by atoms with van der Waals surface area (Å²) in [6, 6.07) is 11.0. The van der Waals surface area contributed by atoms with Crippen molar-refractivity contribution in [3.8, 4) is 5.75 Å². The highest BCUT2D eigenvalue weighted by Gasteiger charge is 2.43. The van der Waals surface area contributed by atoms with E-state index in [0.717, 1.165) is 32.5 Å². The number of aliphatic carboxylic acids is 1. The number of sulfonamides is 1. The third-order valence-electron chi connectivity index (χ3n) is 6.33. The number of aromatic nitrogens is 1. The molecule has 8 nitrogen and oxygen atoms in total. The molecule has 1 aromatic carbocycles. The summed E-state index contributed by atoms with van der Waals surface area (Å²) in [5, 5.41) is 7.12. The van der Waals surface area contributed by atoms with Crippen LogP contribution in [0.15, 0.2) is 53.7 Å². The zero-order chi connectivity index (χ0) is 26.6. The highest BCUT2D eigenvalue weighted by molar-refractivity contribution is 7.89. The summed E-state index contributed by atoms with van der Waals surface area (Å²) in [4.78, 5) is 15.8. The van der Waals surface area contributed by atoms with Gasteiger partial charge in [0.25, 0.3) is 0 Å². The van der Waals surface area contributed by atoms with Gasteiger partial charge in [-0.05, 0) is 63.5 Å².